The van der Waals surface area contributed by atoms with E-state index in [0.717, 1.165) is 39.5 Å². The van der Waals surface area contributed by atoms with Crippen molar-refractivity contribution in [3.05, 3.63) is 89.7 Å². The maximum absolute atomic E-state index is 12.7. The summed E-state index contributed by atoms with van der Waals surface area (Å²) >= 11 is 0. The second-order valence-electron chi connectivity index (χ2n) is 7.75. The van der Waals surface area contributed by atoms with Crippen LogP contribution in [0.2, 0.25) is 0 Å². The molecular weight excluding hydrogens is 416 g/mol. The van der Waals surface area contributed by atoms with Crippen LogP contribution in [0.5, 0.6) is 11.5 Å². The quantitative estimate of drug-likeness (QED) is 0.357. The average molecular weight is 445 g/mol. The van der Waals surface area contributed by atoms with Crippen LogP contribution >= 0.6 is 0 Å². The lowest BCUT2D eigenvalue weighted by molar-refractivity contribution is 0.236. The molecule has 0 aliphatic heterocycles. The summed E-state index contributed by atoms with van der Waals surface area (Å²) in [5.74, 6) is 2.32. The van der Waals surface area contributed by atoms with E-state index in [1.165, 1.54) is 0 Å². The number of carbonyl (C=O) groups excluding carboxylic acids is 1. The highest BCUT2D eigenvalue weighted by Crippen LogP contribution is 2.21. The van der Waals surface area contributed by atoms with Crippen molar-refractivity contribution in [1.29, 1.82) is 0 Å². The van der Waals surface area contributed by atoms with Crippen LogP contribution in [0.3, 0.4) is 0 Å². The summed E-state index contributed by atoms with van der Waals surface area (Å²) in [6.45, 7) is 0.508. The lowest BCUT2D eigenvalue weighted by atomic mass is 10.1. The van der Waals surface area contributed by atoms with Gasteiger partial charge in [-0.2, -0.15) is 0 Å². The van der Waals surface area contributed by atoms with Gasteiger partial charge in [0.1, 0.15) is 17.3 Å². The van der Waals surface area contributed by atoms with Gasteiger partial charge in [-0.1, -0.05) is 36.4 Å². The predicted octanol–water partition coefficient (Wildman–Crippen LogP) is 4.41. The molecule has 0 aliphatic rings. The largest absolute Gasteiger partial charge is 0.497 e. The van der Waals surface area contributed by atoms with Gasteiger partial charge in [0, 0.05) is 6.54 Å². The molecule has 0 radical (unpaired) electrons. The number of H-pyrrole nitrogens is 1. The van der Waals surface area contributed by atoms with Crippen molar-refractivity contribution in [2.45, 2.75) is 18.9 Å². The van der Waals surface area contributed by atoms with E-state index in [4.69, 9.17) is 14.5 Å². The summed E-state index contributed by atoms with van der Waals surface area (Å²) in [5.41, 5.74) is 3.97. The number of benzene rings is 3. The molecule has 1 heterocycles. The lowest BCUT2D eigenvalue weighted by Gasteiger charge is -2.18. The van der Waals surface area contributed by atoms with Crippen molar-refractivity contribution in [3.63, 3.8) is 0 Å². The monoisotopic (exact) mass is 444 g/mol. The van der Waals surface area contributed by atoms with Crippen molar-refractivity contribution >= 4 is 17.1 Å². The number of aromatic nitrogens is 2. The molecule has 0 bridgehead atoms. The first kappa shape index (κ1) is 22.2. The van der Waals surface area contributed by atoms with Crippen molar-refractivity contribution in [3.8, 4) is 11.5 Å². The van der Waals surface area contributed by atoms with Crippen molar-refractivity contribution in [2.75, 3.05) is 20.8 Å². The number of nitrogens with one attached hydrogen (secondary N) is 3. The molecule has 0 fully saturated rings. The summed E-state index contributed by atoms with van der Waals surface area (Å²) < 4.78 is 10.5. The Morgan fingerprint density at radius 2 is 1.73 bits per heavy atom. The van der Waals surface area contributed by atoms with Crippen molar-refractivity contribution in [2.24, 2.45) is 0 Å². The van der Waals surface area contributed by atoms with E-state index in [1.54, 1.807) is 14.2 Å². The Balaban J connectivity index is 1.44. The number of ether oxygens (including phenoxy) is 2. The number of nitrogens with zero attached hydrogens (tertiary/aromatic N) is 1. The molecule has 7 heteroatoms. The number of carbonyl (C=O) groups is 1. The number of para-hydroxylation sites is 2. The van der Waals surface area contributed by atoms with Crippen LogP contribution in [-0.2, 0) is 12.8 Å². The summed E-state index contributed by atoms with van der Waals surface area (Å²) in [5, 5.41) is 6.03. The number of methoxy groups -OCH3 is 2. The van der Waals surface area contributed by atoms with E-state index in [2.05, 4.69) is 15.6 Å². The molecule has 4 rings (SSSR count). The van der Waals surface area contributed by atoms with Crippen molar-refractivity contribution in [1.82, 2.24) is 20.6 Å². The smallest absolute Gasteiger partial charge is 0.315 e. The van der Waals surface area contributed by atoms with Crippen LogP contribution in [0, 0.1) is 0 Å². The highest BCUT2D eigenvalue weighted by Gasteiger charge is 2.19. The van der Waals surface area contributed by atoms with Crippen LogP contribution in [0.4, 0.5) is 4.79 Å². The molecular formula is C26H28N4O3. The number of urea groups is 1. The minimum absolute atomic E-state index is 0.239. The number of fused-ring (bicyclic) bond motifs is 1. The molecule has 3 aromatic carbocycles. The standard InChI is InChI=1S/C26H28N4O3/c1-32-20-12-10-19(11-13-20)17-24(25-28-22-8-3-4-9-23(22)29-25)30-26(31)27-15-14-18-6-5-7-21(16-18)33-2/h3-13,16,24H,14-15,17H2,1-2H3,(H,28,29)(H2,27,30,31)/t24-/m1/s1. The topological polar surface area (TPSA) is 88.3 Å². The number of aromatic amines is 1. The van der Waals surface area contributed by atoms with Gasteiger partial charge in [-0.15, -0.1) is 0 Å². The molecule has 0 unspecified atom stereocenters. The summed E-state index contributed by atoms with van der Waals surface area (Å²) in [4.78, 5) is 20.8. The Morgan fingerprint density at radius 3 is 2.48 bits per heavy atom. The first-order valence-electron chi connectivity index (χ1n) is 10.9. The SMILES string of the molecule is COc1ccc(C[C@@H](NC(=O)NCCc2cccc(OC)c2)c2nc3ccccc3[nH]2)cc1. The molecule has 0 saturated heterocycles. The first-order chi connectivity index (χ1) is 16.1. The fourth-order valence-electron chi connectivity index (χ4n) is 3.71. The van der Waals surface area contributed by atoms with Crippen LogP contribution in [0.1, 0.15) is 23.0 Å². The zero-order valence-electron chi connectivity index (χ0n) is 18.8. The van der Waals surface area contributed by atoms with Gasteiger partial charge in [0.15, 0.2) is 0 Å². The molecule has 2 amide bonds. The van der Waals surface area contributed by atoms with E-state index in [0.29, 0.717) is 19.4 Å². The van der Waals surface area contributed by atoms with Gasteiger partial charge in [0.05, 0.1) is 31.3 Å². The van der Waals surface area contributed by atoms with E-state index < -0.39 is 0 Å². The zero-order valence-corrected chi connectivity index (χ0v) is 18.8. The van der Waals surface area contributed by atoms with E-state index in [-0.39, 0.29) is 12.1 Å². The molecule has 0 spiro atoms. The van der Waals surface area contributed by atoms with Crippen LogP contribution in [0.15, 0.2) is 72.8 Å². The minimum Gasteiger partial charge on any atom is -0.497 e. The summed E-state index contributed by atoms with van der Waals surface area (Å²) in [6, 6.07) is 22.9. The van der Waals surface area contributed by atoms with Crippen LogP contribution in [0.25, 0.3) is 11.0 Å². The molecule has 170 valence electrons. The van der Waals surface area contributed by atoms with Crippen LogP contribution < -0.4 is 20.1 Å². The normalized spacial score (nSPS) is 11.7. The Morgan fingerprint density at radius 1 is 0.939 bits per heavy atom. The van der Waals surface area contributed by atoms with E-state index >= 15 is 0 Å². The second kappa shape index (κ2) is 10.5. The number of hydrogen-bond donors (Lipinski definition) is 3. The number of rotatable bonds is 9. The zero-order chi connectivity index (χ0) is 23.0. The Hall–Kier alpha value is -4.00. The minimum atomic E-state index is -0.317. The number of hydrogen-bond acceptors (Lipinski definition) is 4. The predicted molar refractivity (Wildman–Crippen MR) is 129 cm³/mol. The Labute approximate surface area is 193 Å². The lowest BCUT2D eigenvalue weighted by Crippen LogP contribution is -2.40. The third-order valence-corrected chi connectivity index (χ3v) is 5.48. The van der Waals surface area contributed by atoms with Gasteiger partial charge in [-0.3, -0.25) is 0 Å². The second-order valence-corrected chi connectivity index (χ2v) is 7.75. The van der Waals surface area contributed by atoms with Gasteiger partial charge in [0.2, 0.25) is 0 Å². The van der Waals surface area contributed by atoms with Gasteiger partial charge in [-0.25, -0.2) is 9.78 Å². The Bertz CT molecular complexity index is 1170. The van der Waals surface area contributed by atoms with Gasteiger partial charge < -0.3 is 25.1 Å². The van der Waals surface area contributed by atoms with Crippen LogP contribution in [-0.4, -0.2) is 36.8 Å². The molecule has 1 aromatic heterocycles. The molecule has 7 nitrogen and oxygen atoms in total. The summed E-state index contributed by atoms with van der Waals surface area (Å²) in [7, 11) is 3.29. The molecule has 0 aliphatic carbocycles. The molecule has 33 heavy (non-hydrogen) atoms. The Kier molecular flexibility index (Phi) is 7.09. The number of amides is 2. The number of imidazole rings is 1. The molecule has 0 saturated carbocycles. The average Bonchev–Trinajstić information content (AvgIpc) is 3.29. The fraction of sp³-hybridized carbons (Fsp3) is 0.231. The van der Waals surface area contributed by atoms with Gasteiger partial charge in [-0.05, 0) is 60.4 Å². The highest BCUT2D eigenvalue weighted by atomic mass is 16.5. The van der Waals surface area contributed by atoms with Gasteiger partial charge >= 0.3 is 6.03 Å². The van der Waals surface area contributed by atoms with Crippen molar-refractivity contribution < 1.29 is 14.3 Å². The first-order valence-corrected chi connectivity index (χ1v) is 10.9. The van der Waals surface area contributed by atoms with E-state index in [9.17, 15) is 4.79 Å². The molecule has 4 aromatic rings. The fourth-order valence-corrected chi connectivity index (χ4v) is 3.71. The third kappa shape index (κ3) is 5.83. The molecule has 1 atom stereocenters. The van der Waals surface area contributed by atoms with Gasteiger partial charge in [0.25, 0.3) is 0 Å². The maximum Gasteiger partial charge on any atom is 0.315 e. The van der Waals surface area contributed by atoms with E-state index in [1.807, 2.05) is 72.8 Å². The molecule has 3 N–H and O–H groups in total. The third-order valence-electron chi connectivity index (χ3n) is 5.48. The highest BCUT2D eigenvalue weighted by molar-refractivity contribution is 5.76. The summed E-state index contributed by atoms with van der Waals surface area (Å²) in [6.07, 6.45) is 1.30. The maximum atomic E-state index is 12.7.